The largest absolute Gasteiger partial charge is 0.493 e. The average molecular weight is 569 g/mol. The van der Waals surface area contributed by atoms with Crippen molar-refractivity contribution in [1.29, 1.82) is 5.41 Å². The third-order valence-corrected chi connectivity index (χ3v) is 5.80. The standard InChI is InChI=1S/C30H40N4O7/c1-29(2,3)40-27(36)32-26(31)34(28(37)41-30(4,5)6)18-16-20-12-14-21(15-13-20)38-19-17-24-25(35)33(7)22-10-8-9-11-23(22)39-24/h8-15,24H,16-19H2,1-7H3,(H2,31,32,36). The van der Waals surface area contributed by atoms with Crippen molar-refractivity contribution in [3.8, 4) is 11.5 Å². The Hall–Kier alpha value is -4.28. The fourth-order valence-electron chi connectivity index (χ4n) is 3.91. The first-order valence-electron chi connectivity index (χ1n) is 13.5. The number of nitrogens with one attached hydrogen (secondary N) is 2. The lowest BCUT2D eigenvalue weighted by atomic mass is 10.1. The van der Waals surface area contributed by atoms with E-state index >= 15 is 0 Å². The summed E-state index contributed by atoms with van der Waals surface area (Å²) in [7, 11) is 1.73. The van der Waals surface area contributed by atoms with Crippen LogP contribution in [-0.2, 0) is 20.7 Å². The molecule has 222 valence electrons. The van der Waals surface area contributed by atoms with Crippen LogP contribution < -0.4 is 19.7 Å². The maximum absolute atomic E-state index is 12.8. The van der Waals surface area contributed by atoms with Crippen LogP contribution in [0.3, 0.4) is 0 Å². The molecule has 11 heteroatoms. The maximum Gasteiger partial charge on any atom is 0.417 e. The van der Waals surface area contributed by atoms with E-state index in [0.717, 1.165) is 16.2 Å². The van der Waals surface area contributed by atoms with E-state index < -0.39 is 35.5 Å². The zero-order chi connectivity index (χ0) is 30.4. The molecule has 0 spiro atoms. The number of rotatable bonds is 7. The van der Waals surface area contributed by atoms with E-state index in [1.807, 2.05) is 36.4 Å². The number of anilines is 1. The van der Waals surface area contributed by atoms with Crippen molar-refractivity contribution in [2.75, 3.05) is 25.1 Å². The van der Waals surface area contributed by atoms with Gasteiger partial charge in [0.1, 0.15) is 22.7 Å². The summed E-state index contributed by atoms with van der Waals surface area (Å²) in [6.07, 6.45) is -1.46. The van der Waals surface area contributed by atoms with E-state index in [4.69, 9.17) is 24.4 Å². The number of benzene rings is 2. The molecule has 0 aromatic heterocycles. The Morgan fingerprint density at radius 2 is 1.63 bits per heavy atom. The summed E-state index contributed by atoms with van der Waals surface area (Å²) in [6, 6.07) is 14.7. The van der Waals surface area contributed by atoms with Gasteiger partial charge in [0.15, 0.2) is 6.10 Å². The second-order valence-corrected chi connectivity index (χ2v) is 11.6. The number of hydrogen-bond donors (Lipinski definition) is 2. The average Bonchev–Trinajstić information content (AvgIpc) is 2.85. The Labute approximate surface area is 241 Å². The highest BCUT2D eigenvalue weighted by Gasteiger charge is 2.32. The molecule has 2 aromatic rings. The fraction of sp³-hybridized carbons (Fsp3) is 0.467. The molecule has 3 rings (SSSR count). The molecule has 1 atom stereocenters. The molecule has 0 saturated carbocycles. The molecule has 2 N–H and O–H groups in total. The Bertz CT molecular complexity index is 1250. The highest BCUT2D eigenvalue weighted by Crippen LogP contribution is 2.33. The molecule has 0 aliphatic carbocycles. The molecule has 1 aliphatic rings. The molecule has 41 heavy (non-hydrogen) atoms. The second kappa shape index (κ2) is 12.9. The fourth-order valence-corrected chi connectivity index (χ4v) is 3.91. The number of likely N-dealkylation sites (N-methyl/N-ethyl adjacent to an activating group) is 1. The van der Waals surface area contributed by atoms with Gasteiger partial charge in [0.2, 0.25) is 5.96 Å². The van der Waals surface area contributed by atoms with Crippen LogP contribution in [-0.4, -0.2) is 66.5 Å². The number of guanidine groups is 1. The van der Waals surface area contributed by atoms with Gasteiger partial charge in [0.05, 0.1) is 12.3 Å². The summed E-state index contributed by atoms with van der Waals surface area (Å²) in [4.78, 5) is 40.3. The number of hydrogen-bond acceptors (Lipinski definition) is 8. The first-order chi connectivity index (χ1) is 19.1. The molecule has 2 aromatic carbocycles. The second-order valence-electron chi connectivity index (χ2n) is 11.6. The first kappa shape index (κ1) is 31.3. The van der Waals surface area contributed by atoms with E-state index in [1.165, 1.54) is 0 Å². The highest BCUT2D eigenvalue weighted by atomic mass is 16.6. The van der Waals surface area contributed by atoms with Gasteiger partial charge in [-0.1, -0.05) is 24.3 Å². The monoisotopic (exact) mass is 568 g/mol. The van der Waals surface area contributed by atoms with Crippen LogP contribution in [0.4, 0.5) is 15.3 Å². The first-order valence-corrected chi connectivity index (χ1v) is 13.5. The number of alkyl carbamates (subject to hydrolysis) is 1. The van der Waals surface area contributed by atoms with Crippen molar-refractivity contribution in [2.45, 2.75) is 71.7 Å². The zero-order valence-corrected chi connectivity index (χ0v) is 24.8. The van der Waals surface area contributed by atoms with Gasteiger partial charge < -0.3 is 23.8 Å². The van der Waals surface area contributed by atoms with Gasteiger partial charge in [-0.05, 0) is 77.8 Å². The molecule has 1 heterocycles. The minimum atomic E-state index is -0.839. The molecule has 0 bridgehead atoms. The summed E-state index contributed by atoms with van der Waals surface area (Å²) in [5.74, 6) is 0.720. The summed E-state index contributed by atoms with van der Waals surface area (Å²) >= 11 is 0. The van der Waals surface area contributed by atoms with Gasteiger partial charge in [-0.15, -0.1) is 0 Å². The van der Waals surface area contributed by atoms with E-state index in [2.05, 4.69) is 5.32 Å². The number of carbonyl (C=O) groups is 3. The summed E-state index contributed by atoms with van der Waals surface area (Å²) in [6.45, 7) is 10.6. The molecule has 1 aliphatic heterocycles. The summed E-state index contributed by atoms with van der Waals surface area (Å²) in [5.41, 5.74) is 0.0735. The van der Waals surface area contributed by atoms with Crippen LogP contribution in [0.15, 0.2) is 48.5 Å². The van der Waals surface area contributed by atoms with Crippen LogP contribution in [0.1, 0.15) is 53.5 Å². The minimum Gasteiger partial charge on any atom is -0.493 e. The van der Waals surface area contributed by atoms with Crippen LogP contribution in [0.2, 0.25) is 0 Å². The molecule has 3 amide bonds. The predicted octanol–water partition coefficient (Wildman–Crippen LogP) is 5.12. The van der Waals surface area contributed by atoms with E-state index in [0.29, 0.717) is 24.3 Å². The number of carbonyl (C=O) groups excluding carboxylic acids is 3. The van der Waals surface area contributed by atoms with Crippen LogP contribution in [0.25, 0.3) is 0 Å². The molecule has 0 fully saturated rings. The van der Waals surface area contributed by atoms with Crippen molar-refractivity contribution in [1.82, 2.24) is 10.2 Å². The molecule has 0 radical (unpaired) electrons. The Kier molecular flexibility index (Phi) is 9.85. The van der Waals surface area contributed by atoms with Crippen LogP contribution in [0, 0.1) is 5.41 Å². The SMILES string of the molecule is CN1C(=O)C(CCOc2ccc(CCN(C(=N)NC(=O)OC(C)(C)C)C(=O)OC(C)(C)C)cc2)Oc2ccccc21. The van der Waals surface area contributed by atoms with E-state index in [-0.39, 0.29) is 19.1 Å². The Balaban J connectivity index is 1.55. The number of fused-ring (bicyclic) bond motifs is 1. The van der Waals surface area contributed by atoms with Gasteiger partial charge in [0, 0.05) is 20.0 Å². The quantitative estimate of drug-likeness (QED) is 0.350. The Morgan fingerprint density at radius 3 is 2.27 bits per heavy atom. The van der Waals surface area contributed by atoms with Gasteiger partial charge in [-0.3, -0.25) is 15.5 Å². The highest BCUT2D eigenvalue weighted by molar-refractivity contribution is 6.00. The van der Waals surface area contributed by atoms with Crippen molar-refractivity contribution >= 4 is 29.7 Å². The predicted molar refractivity (Wildman–Crippen MR) is 155 cm³/mol. The number of nitrogens with zero attached hydrogens (tertiary/aromatic N) is 2. The molecule has 11 nitrogen and oxygen atoms in total. The van der Waals surface area contributed by atoms with Crippen molar-refractivity contribution in [3.63, 3.8) is 0 Å². The van der Waals surface area contributed by atoms with Crippen LogP contribution >= 0.6 is 0 Å². The molecule has 1 unspecified atom stereocenters. The Morgan fingerprint density at radius 1 is 1.00 bits per heavy atom. The molecular weight excluding hydrogens is 528 g/mol. The molecule has 0 saturated heterocycles. The van der Waals surface area contributed by atoms with E-state index in [9.17, 15) is 14.4 Å². The van der Waals surface area contributed by atoms with Crippen molar-refractivity contribution in [2.24, 2.45) is 0 Å². The van der Waals surface area contributed by atoms with Crippen LogP contribution in [0.5, 0.6) is 11.5 Å². The smallest absolute Gasteiger partial charge is 0.417 e. The minimum absolute atomic E-state index is 0.0832. The third-order valence-electron chi connectivity index (χ3n) is 5.80. The van der Waals surface area contributed by atoms with E-state index in [1.54, 1.807) is 65.6 Å². The maximum atomic E-state index is 12.8. The normalized spacial score (nSPS) is 14.9. The number of amides is 3. The van der Waals surface area contributed by atoms with Gasteiger partial charge in [-0.25, -0.2) is 14.5 Å². The van der Waals surface area contributed by atoms with Gasteiger partial charge in [0.25, 0.3) is 5.91 Å². The zero-order valence-electron chi connectivity index (χ0n) is 24.8. The van der Waals surface area contributed by atoms with Gasteiger partial charge >= 0.3 is 12.2 Å². The van der Waals surface area contributed by atoms with Gasteiger partial charge in [-0.2, -0.15) is 0 Å². The topological polar surface area (TPSA) is 130 Å². The lowest BCUT2D eigenvalue weighted by molar-refractivity contribution is -0.126. The third kappa shape index (κ3) is 9.40. The van der Waals surface area contributed by atoms with Crippen molar-refractivity contribution in [3.05, 3.63) is 54.1 Å². The van der Waals surface area contributed by atoms with Crippen molar-refractivity contribution < 1.29 is 33.3 Å². The lowest BCUT2D eigenvalue weighted by Crippen LogP contribution is -2.50. The number of ether oxygens (including phenoxy) is 4. The molecular formula is C30H40N4O7. The summed E-state index contributed by atoms with van der Waals surface area (Å²) < 4.78 is 22.4. The number of para-hydroxylation sites is 2. The summed E-state index contributed by atoms with van der Waals surface area (Å²) in [5, 5.41) is 10.6. The lowest BCUT2D eigenvalue weighted by Gasteiger charge is -2.31.